The highest BCUT2D eigenvalue weighted by Crippen LogP contribution is 2.24. The molecule has 4 amide bonds. The van der Waals surface area contributed by atoms with Gasteiger partial charge in [-0.05, 0) is 48.9 Å². The summed E-state index contributed by atoms with van der Waals surface area (Å²) in [6.45, 7) is 3.86. The summed E-state index contributed by atoms with van der Waals surface area (Å²) in [5.74, 6) is 0.157. The second kappa shape index (κ2) is 9.64. The van der Waals surface area contributed by atoms with Crippen LogP contribution in [0.5, 0.6) is 5.75 Å². The van der Waals surface area contributed by atoms with E-state index in [-0.39, 0.29) is 24.3 Å². The molecule has 0 spiro atoms. The molecule has 2 atom stereocenters. The molecule has 2 aromatic carbocycles. The minimum atomic E-state index is -1.03. The van der Waals surface area contributed by atoms with Crippen molar-refractivity contribution in [3.8, 4) is 5.75 Å². The number of methoxy groups -OCH3 is 1. The number of urea groups is 1. The molecule has 1 aliphatic heterocycles. The number of carbonyl (C=O) groups is 3. The average Bonchev–Trinajstić information content (AvgIpc) is 3.00. The van der Waals surface area contributed by atoms with E-state index in [1.807, 2.05) is 61.5 Å². The van der Waals surface area contributed by atoms with Gasteiger partial charge in [0.2, 0.25) is 5.91 Å². The number of nitrogens with zero attached hydrogens (tertiary/aromatic N) is 1. The summed E-state index contributed by atoms with van der Waals surface area (Å²) in [6.07, 6.45) is 1.05. The number of hydrogen-bond acceptors (Lipinski definition) is 4. The Balaban J connectivity index is 1.53. The normalized spacial score (nSPS) is 19.1. The third-order valence-corrected chi connectivity index (χ3v) is 5.69. The highest BCUT2D eigenvalue weighted by Gasteiger charge is 2.47. The zero-order valence-electron chi connectivity index (χ0n) is 18.2. The van der Waals surface area contributed by atoms with E-state index >= 15 is 0 Å². The Labute approximate surface area is 182 Å². The van der Waals surface area contributed by atoms with Gasteiger partial charge in [-0.15, -0.1) is 0 Å². The maximum Gasteiger partial charge on any atom is 0.325 e. The van der Waals surface area contributed by atoms with E-state index < -0.39 is 11.6 Å². The summed E-state index contributed by atoms with van der Waals surface area (Å²) in [4.78, 5) is 38.7. The number of nitrogens with one attached hydrogen (secondary N) is 2. The molecule has 2 aromatic rings. The van der Waals surface area contributed by atoms with Gasteiger partial charge < -0.3 is 15.4 Å². The quantitative estimate of drug-likeness (QED) is 0.607. The summed E-state index contributed by atoms with van der Waals surface area (Å²) in [7, 11) is 1.61. The molecule has 1 heterocycles. The highest BCUT2D eigenvalue weighted by atomic mass is 16.5. The van der Waals surface area contributed by atoms with Crippen LogP contribution in [0.2, 0.25) is 0 Å². The maximum atomic E-state index is 12.9. The van der Waals surface area contributed by atoms with Crippen LogP contribution in [0.25, 0.3) is 0 Å². The number of rotatable bonds is 9. The summed E-state index contributed by atoms with van der Waals surface area (Å²) in [6, 6.07) is 16.9. The van der Waals surface area contributed by atoms with Crippen LogP contribution in [-0.2, 0) is 16.0 Å². The first kappa shape index (κ1) is 22.3. The lowest BCUT2D eigenvalue weighted by molar-refractivity contribution is -0.134. The molecule has 31 heavy (non-hydrogen) atoms. The van der Waals surface area contributed by atoms with Gasteiger partial charge in [0.15, 0.2) is 0 Å². The van der Waals surface area contributed by atoms with Crippen molar-refractivity contribution in [2.75, 3.05) is 20.2 Å². The topological polar surface area (TPSA) is 87.7 Å². The van der Waals surface area contributed by atoms with Crippen molar-refractivity contribution in [2.24, 2.45) is 0 Å². The Morgan fingerprint density at radius 1 is 1.13 bits per heavy atom. The summed E-state index contributed by atoms with van der Waals surface area (Å²) in [5, 5.41) is 5.57. The van der Waals surface area contributed by atoms with E-state index in [4.69, 9.17) is 4.74 Å². The maximum absolute atomic E-state index is 12.9. The van der Waals surface area contributed by atoms with Crippen molar-refractivity contribution >= 4 is 17.8 Å². The van der Waals surface area contributed by atoms with Crippen molar-refractivity contribution in [2.45, 2.75) is 38.1 Å². The number of amides is 4. The molecular weight excluding hydrogens is 394 g/mol. The molecule has 1 aliphatic rings. The van der Waals surface area contributed by atoms with Crippen LogP contribution < -0.4 is 15.4 Å². The predicted octanol–water partition coefficient (Wildman–Crippen LogP) is 2.86. The number of aryl methyl sites for hydroxylation is 1. The van der Waals surface area contributed by atoms with Gasteiger partial charge in [-0.2, -0.15) is 0 Å². The minimum absolute atomic E-state index is 0.128. The molecule has 2 N–H and O–H groups in total. The fourth-order valence-electron chi connectivity index (χ4n) is 3.61. The average molecular weight is 424 g/mol. The molecule has 1 saturated heterocycles. The van der Waals surface area contributed by atoms with Crippen LogP contribution in [0.3, 0.4) is 0 Å². The number of ether oxygens (including phenoxy) is 1. The smallest absolute Gasteiger partial charge is 0.325 e. The monoisotopic (exact) mass is 423 g/mol. The van der Waals surface area contributed by atoms with Crippen LogP contribution in [0.1, 0.15) is 37.3 Å². The zero-order valence-corrected chi connectivity index (χ0v) is 18.2. The van der Waals surface area contributed by atoms with Gasteiger partial charge in [0, 0.05) is 6.54 Å². The lowest BCUT2D eigenvalue weighted by atomic mass is 9.93. The zero-order chi connectivity index (χ0) is 22.4. The standard InChI is InChI=1S/C24H29N3O4/c1-17(19-7-5-4-6-8-19)15-25-21(28)16-27-22(29)24(2,26-23(27)30)14-13-18-9-11-20(31-3)12-10-18/h4-12,17H,13-16H2,1-3H3,(H,25,28)(H,26,30)/t17-,24+/m1/s1. The van der Waals surface area contributed by atoms with E-state index in [2.05, 4.69) is 10.6 Å². The summed E-state index contributed by atoms with van der Waals surface area (Å²) in [5.41, 5.74) is 1.12. The van der Waals surface area contributed by atoms with Crippen LogP contribution in [-0.4, -0.2) is 48.5 Å². The van der Waals surface area contributed by atoms with Gasteiger partial charge in [0.25, 0.3) is 5.91 Å². The van der Waals surface area contributed by atoms with Crippen molar-refractivity contribution < 1.29 is 19.1 Å². The Hall–Kier alpha value is -3.35. The first-order chi connectivity index (χ1) is 14.8. The number of carbonyl (C=O) groups excluding carboxylic acids is 3. The highest BCUT2D eigenvalue weighted by molar-refractivity contribution is 6.08. The third-order valence-electron chi connectivity index (χ3n) is 5.69. The first-order valence-corrected chi connectivity index (χ1v) is 10.4. The lowest BCUT2D eigenvalue weighted by Gasteiger charge is -2.21. The van der Waals surface area contributed by atoms with Crippen LogP contribution in [0.15, 0.2) is 54.6 Å². The van der Waals surface area contributed by atoms with Crippen LogP contribution in [0, 0.1) is 0 Å². The molecule has 7 nitrogen and oxygen atoms in total. The van der Waals surface area contributed by atoms with Crippen molar-refractivity contribution in [3.05, 3.63) is 65.7 Å². The van der Waals surface area contributed by atoms with Crippen molar-refractivity contribution in [3.63, 3.8) is 0 Å². The van der Waals surface area contributed by atoms with Crippen molar-refractivity contribution in [1.29, 1.82) is 0 Å². The van der Waals surface area contributed by atoms with Gasteiger partial charge in [-0.3, -0.25) is 14.5 Å². The summed E-state index contributed by atoms with van der Waals surface area (Å²) < 4.78 is 5.15. The van der Waals surface area contributed by atoms with Gasteiger partial charge in [0.1, 0.15) is 17.8 Å². The fourth-order valence-corrected chi connectivity index (χ4v) is 3.61. The largest absolute Gasteiger partial charge is 0.497 e. The van der Waals surface area contributed by atoms with E-state index in [0.717, 1.165) is 21.8 Å². The number of benzene rings is 2. The van der Waals surface area contributed by atoms with Crippen LogP contribution >= 0.6 is 0 Å². The van der Waals surface area contributed by atoms with Gasteiger partial charge in [-0.25, -0.2) is 4.79 Å². The van der Waals surface area contributed by atoms with E-state index in [1.54, 1.807) is 14.0 Å². The Morgan fingerprint density at radius 2 is 1.81 bits per heavy atom. The molecule has 0 saturated carbocycles. The third kappa shape index (κ3) is 5.42. The number of hydrogen-bond donors (Lipinski definition) is 2. The van der Waals surface area contributed by atoms with Gasteiger partial charge in [0.05, 0.1) is 7.11 Å². The second-order valence-corrected chi connectivity index (χ2v) is 8.12. The fraction of sp³-hybridized carbons (Fsp3) is 0.375. The molecule has 1 fully saturated rings. The molecule has 164 valence electrons. The van der Waals surface area contributed by atoms with E-state index in [9.17, 15) is 14.4 Å². The molecule has 0 bridgehead atoms. The van der Waals surface area contributed by atoms with Crippen LogP contribution in [0.4, 0.5) is 4.79 Å². The molecule has 0 radical (unpaired) electrons. The van der Waals surface area contributed by atoms with E-state index in [0.29, 0.717) is 19.4 Å². The van der Waals surface area contributed by atoms with Gasteiger partial charge in [-0.1, -0.05) is 49.4 Å². The molecule has 0 aromatic heterocycles. The molecule has 0 unspecified atom stereocenters. The number of imide groups is 1. The molecule has 7 heteroatoms. The Kier molecular flexibility index (Phi) is 6.95. The van der Waals surface area contributed by atoms with Gasteiger partial charge >= 0.3 is 6.03 Å². The predicted molar refractivity (Wildman–Crippen MR) is 118 cm³/mol. The Morgan fingerprint density at radius 3 is 2.45 bits per heavy atom. The minimum Gasteiger partial charge on any atom is -0.497 e. The first-order valence-electron chi connectivity index (χ1n) is 10.4. The lowest BCUT2D eigenvalue weighted by Crippen LogP contribution is -2.45. The Bertz CT molecular complexity index is 930. The molecule has 0 aliphatic carbocycles. The molecule has 3 rings (SSSR count). The van der Waals surface area contributed by atoms with E-state index in [1.165, 1.54) is 0 Å². The molecular formula is C24H29N3O4. The van der Waals surface area contributed by atoms with Crippen molar-refractivity contribution in [1.82, 2.24) is 15.5 Å². The second-order valence-electron chi connectivity index (χ2n) is 8.12. The SMILES string of the molecule is COc1ccc(CC[C@]2(C)NC(=O)N(CC(=O)NC[C@@H](C)c3ccccc3)C2=O)cc1. The summed E-state index contributed by atoms with van der Waals surface area (Å²) >= 11 is 0.